The number of halogens is 3. The number of hydrogen-bond acceptors (Lipinski definition) is 5. The molecule has 0 amide bonds. The Labute approximate surface area is 143 Å². The lowest BCUT2D eigenvalue weighted by Crippen LogP contribution is -2.19. The van der Waals surface area contributed by atoms with Crippen LogP contribution in [0.4, 0.5) is 24.8 Å². The predicted octanol–water partition coefficient (Wildman–Crippen LogP) is 3.59. The van der Waals surface area contributed by atoms with Crippen LogP contribution in [0.3, 0.4) is 0 Å². The van der Waals surface area contributed by atoms with E-state index in [0.717, 1.165) is 43.9 Å². The monoisotopic (exact) mass is 352 g/mol. The number of anilines is 2. The third-order valence-electron chi connectivity index (χ3n) is 3.92. The maximum Gasteiger partial charge on any atom is 0.416 e. The molecular weight excluding hydrogens is 333 g/mol. The van der Waals surface area contributed by atoms with Gasteiger partial charge in [0.05, 0.1) is 12.1 Å². The number of alkyl halides is 3. The average molecular weight is 352 g/mol. The van der Waals surface area contributed by atoms with E-state index in [1.54, 1.807) is 0 Å². The number of nitrogens with zero attached hydrogens (tertiary/aromatic N) is 3. The minimum absolute atomic E-state index is 0.192. The summed E-state index contributed by atoms with van der Waals surface area (Å²) in [5.41, 5.74) is -0.719. The molecule has 0 bridgehead atoms. The number of nitrogens with one attached hydrogen (secondary N) is 1. The molecule has 134 valence electrons. The summed E-state index contributed by atoms with van der Waals surface area (Å²) in [4.78, 5) is 10.6. The van der Waals surface area contributed by atoms with Crippen molar-refractivity contribution in [3.8, 4) is 5.75 Å². The number of hydrogen-bond donors (Lipinski definition) is 1. The molecule has 1 aromatic carbocycles. The van der Waals surface area contributed by atoms with Crippen molar-refractivity contribution in [2.75, 3.05) is 36.5 Å². The predicted molar refractivity (Wildman–Crippen MR) is 88.9 cm³/mol. The van der Waals surface area contributed by atoms with Crippen LogP contribution in [-0.4, -0.2) is 36.2 Å². The van der Waals surface area contributed by atoms with E-state index in [2.05, 4.69) is 20.2 Å². The summed E-state index contributed by atoms with van der Waals surface area (Å²) < 4.78 is 43.3. The fraction of sp³-hybridized carbons (Fsp3) is 0.412. The van der Waals surface area contributed by atoms with E-state index < -0.39 is 11.7 Å². The van der Waals surface area contributed by atoms with Gasteiger partial charge in [0.15, 0.2) is 0 Å². The molecule has 5 nitrogen and oxygen atoms in total. The van der Waals surface area contributed by atoms with E-state index >= 15 is 0 Å². The number of ether oxygens (including phenoxy) is 1. The van der Waals surface area contributed by atoms with Crippen molar-refractivity contribution < 1.29 is 17.9 Å². The van der Waals surface area contributed by atoms with Crippen LogP contribution in [0.2, 0.25) is 0 Å². The van der Waals surface area contributed by atoms with Crippen LogP contribution in [0.5, 0.6) is 5.75 Å². The summed E-state index contributed by atoms with van der Waals surface area (Å²) in [6.45, 7) is 2.64. The molecule has 8 heteroatoms. The molecule has 1 aliphatic rings. The van der Waals surface area contributed by atoms with Gasteiger partial charge in [0.1, 0.15) is 30.3 Å². The molecule has 1 N–H and O–H groups in total. The Kier molecular flexibility index (Phi) is 5.25. The van der Waals surface area contributed by atoms with Crippen LogP contribution < -0.4 is 15.0 Å². The van der Waals surface area contributed by atoms with E-state index in [9.17, 15) is 13.2 Å². The fourth-order valence-corrected chi connectivity index (χ4v) is 2.67. The summed E-state index contributed by atoms with van der Waals surface area (Å²) in [5, 5.41) is 3.10. The lowest BCUT2D eigenvalue weighted by Gasteiger charge is -2.16. The van der Waals surface area contributed by atoms with Crippen molar-refractivity contribution in [2.24, 2.45) is 0 Å². The standard InChI is InChI=1S/C17H19F3N4O/c18-17(19,20)13-4-3-5-14(10-13)25-9-6-21-15-11-16(23-12-22-15)24-7-1-2-8-24/h3-5,10-12H,1-2,6-9H2,(H,21,22,23). The first-order chi connectivity index (χ1) is 12.0. The molecule has 2 aromatic rings. The Balaban J connectivity index is 1.49. The van der Waals surface area contributed by atoms with E-state index in [1.165, 1.54) is 18.5 Å². The first-order valence-corrected chi connectivity index (χ1v) is 8.13. The lowest BCUT2D eigenvalue weighted by atomic mass is 10.2. The van der Waals surface area contributed by atoms with Gasteiger partial charge < -0.3 is 15.0 Å². The van der Waals surface area contributed by atoms with Crippen molar-refractivity contribution in [1.82, 2.24) is 9.97 Å². The van der Waals surface area contributed by atoms with Crippen molar-refractivity contribution in [3.05, 3.63) is 42.2 Å². The van der Waals surface area contributed by atoms with Gasteiger partial charge in [0, 0.05) is 19.2 Å². The van der Waals surface area contributed by atoms with Crippen LogP contribution in [0.1, 0.15) is 18.4 Å². The number of benzene rings is 1. The second-order valence-electron chi connectivity index (χ2n) is 5.76. The zero-order valence-corrected chi connectivity index (χ0v) is 13.6. The molecular formula is C17H19F3N4O. The van der Waals surface area contributed by atoms with Crippen LogP contribution in [-0.2, 0) is 6.18 Å². The second kappa shape index (κ2) is 7.58. The smallest absolute Gasteiger partial charge is 0.416 e. The van der Waals surface area contributed by atoms with Crippen LogP contribution in [0, 0.1) is 0 Å². The molecule has 1 fully saturated rings. The Morgan fingerprint density at radius 2 is 1.92 bits per heavy atom. The van der Waals surface area contributed by atoms with Gasteiger partial charge in [-0.25, -0.2) is 9.97 Å². The summed E-state index contributed by atoms with van der Waals surface area (Å²) >= 11 is 0. The Morgan fingerprint density at radius 1 is 1.12 bits per heavy atom. The maximum atomic E-state index is 12.7. The van der Waals surface area contributed by atoms with Crippen LogP contribution >= 0.6 is 0 Å². The van der Waals surface area contributed by atoms with E-state index in [4.69, 9.17) is 4.74 Å². The number of rotatable bonds is 6. The highest BCUT2D eigenvalue weighted by molar-refractivity contribution is 5.48. The molecule has 0 atom stereocenters. The summed E-state index contributed by atoms with van der Waals surface area (Å²) in [7, 11) is 0. The second-order valence-corrected chi connectivity index (χ2v) is 5.76. The quantitative estimate of drug-likeness (QED) is 0.805. The fourth-order valence-electron chi connectivity index (χ4n) is 2.67. The van der Waals surface area contributed by atoms with E-state index in [0.29, 0.717) is 12.4 Å². The highest BCUT2D eigenvalue weighted by atomic mass is 19.4. The van der Waals surface area contributed by atoms with Gasteiger partial charge in [-0.3, -0.25) is 0 Å². The summed E-state index contributed by atoms with van der Waals surface area (Å²) in [6.07, 6.45) is -0.538. The molecule has 0 radical (unpaired) electrons. The van der Waals surface area contributed by atoms with Crippen molar-refractivity contribution in [1.29, 1.82) is 0 Å². The molecule has 2 heterocycles. The normalized spacial score (nSPS) is 14.6. The molecule has 0 saturated carbocycles. The molecule has 0 spiro atoms. The maximum absolute atomic E-state index is 12.7. The molecule has 25 heavy (non-hydrogen) atoms. The molecule has 3 rings (SSSR count). The third-order valence-corrected chi connectivity index (χ3v) is 3.92. The minimum atomic E-state index is -4.37. The largest absolute Gasteiger partial charge is 0.492 e. The molecule has 0 aliphatic carbocycles. The Hall–Kier alpha value is -2.51. The van der Waals surface area contributed by atoms with Crippen molar-refractivity contribution in [2.45, 2.75) is 19.0 Å². The first kappa shape index (κ1) is 17.3. The molecule has 1 saturated heterocycles. The van der Waals surface area contributed by atoms with E-state index in [1.807, 2.05) is 6.07 Å². The van der Waals surface area contributed by atoms with Gasteiger partial charge in [-0.1, -0.05) is 6.07 Å². The summed E-state index contributed by atoms with van der Waals surface area (Å²) in [6, 6.07) is 6.72. The third kappa shape index (κ3) is 4.74. The zero-order valence-electron chi connectivity index (χ0n) is 13.6. The molecule has 0 unspecified atom stereocenters. The molecule has 1 aliphatic heterocycles. The summed E-state index contributed by atoms with van der Waals surface area (Å²) in [5.74, 6) is 1.75. The van der Waals surface area contributed by atoms with E-state index in [-0.39, 0.29) is 12.4 Å². The SMILES string of the molecule is FC(F)(F)c1cccc(OCCNc2cc(N3CCCC3)ncn2)c1. The van der Waals surface area contributed by atoms with Gasteiger partial charge in [-0.15, -0.1) is 0 Å². The van der Waals surface area contributed by atoms with Crippen LogP contribution in [0.15, 0.2) is 36.7 Å². The highest BCUT2D eigenvalue weighted by Gasteiger charge is 2.30. The van der Waals surface area contributed by atoms with Crippen molar-refractivity contribution >= 4 is 11.6 Å². The van der Waals surface area contributed by atoms with Gasteiger partial charge in [0.25, 0.3) is 0 Å². The average Bonchev–Trinajstić information content (AvgIpc) is 3.13. The van der Waals surface area contributed by atoms with Crippen LogP contribution in [0.25, 0.3) is 0 Å². The number of aromatic nitrogens is 2. The van der Waals surface area contributed by atoms with Gasteiger partial charge in [-0.05, 0) is 31.0 Å². The first-order valence-electron chi connectivity index (χ1n) is 8.13. The minimum Gasteiger partial charge on any atom is -0.492 e. The lowest BCUT2D eigenvalue weighted by molar-refractivity contribution is -0.137. The topological polar surface area (TPSA) is 50.3 Å². The van der Waals surface area contributed by atoms with Gasteiger partial charge in [-0.2, -0.15) is 13.2 Å². The zero-order chi connectivity index (χ0) is 17.7. The van der Waals surface area contributed by atoms with Crippen molar-refractivity contribution in [3.63, 3.8) is 0 Å². The molecule has 1 aromatic heterocycles. The Bertz CT molecular complexity index is 702. The Morgan fingerprint density at radius 3 is 2.68 bits per heavy atom. The van der Waals surface area contributed by atoms with Gasteiger partial charge in [0.2, 0.25) is 0 Å². The highest BCUT2D eigenvalue weighted by Crippen LogP contribution is 2.31. The van der Waals surface area contributed by atoms with Gasteiger partial charge >= 0.3 is 6.18 Å².